The molecule has 0 spiro atoms. The van der Waals surface area contributed by atoms with Crippen molar-refractivity contribution in [2.75, 3.05) is 7.11 Å². The average molecular weight is 319 g/mol. The number of nitrogens with zero attached hydrogens (tertiary/aromatic N) is 2. The fourth-order valence-corrected chi connectivity index (χ4v) is 2.22. The molecule has 100 valence electrons. The molecule has 1 heterocycles. The fourth-order valence-electron chi connectivity index (χ4n) is 1.71. The van der Waals surface area contributed by atoms with Gasteiger partial charge in [-0.1, -0.05) is 40.5 Å². The van der Waals surface area contributed by atoms with E-state index in [1.807, 2.05) is 18.2 Å². The standard InChI is InChI=1S/C14H12Cl2N2O.Na.H/c1-19-18-14(7-10-3-2-6-17-9-10)12-5-4-11(15)8-13(12)16;;/h2-6,8-9H,7H2,1H3;;/q;+1;-1. The van der Waals surface area contributed by atoms with Crippen molar-refractivity contribution < 1.29 is 35.8 Å². The van der Waals surface area contributed by atoms with E-state index in [1.54, 1.807) is 24.5 Å². The van der Waals surface area contributed by atoms with E-state index >= 15 is 0 Å². The van der Waals surface area contributed by atoms with Gasteiger partial charge in [0.1, 0.15) is 7.11 Å². The Hall–Kier alpha value is -0.580. The molecule has 0 saturated carbocycles. The van der Waals surface area contributed by atoms with Gasteiger partial charge in [0.2, 0.25) is 0 Å². The summed E-state index contributed by atoms with van der Waals surface area (Å²) in [6.07, 6.45) is 4.10. The first-order chi connectivity index (χ1) is 9.20. The number of benzene rings is 1. The van der Waals surface area contributed by atoms with E-state index in [9.17, 15) is 0 Å². The van der Waals surface area contributed by atoms with Crippen LogP contribution in [-0.2, 0) is 11.3 Å². The number of hydrogen-bond acceptors (Lipinski definition) is 3. The quantitative estimate of drug-likeness (QED) is 0.480. The normalized spacial score (nSPS) is 10.8. The summed E-state index contributed by atoms with van der Waals surface area (Å²) in [4.78, 5) is 8.97. The number of hydrogen-bond donors (Lipinski definition) is 0. The molecule has 1 aromatic heterocycles. The minimum Gasteiger partial charge on any atom is -1.00 e. The van der Waals surface area contributed by atoms with Crippen molar-refractivity contribution in [3.05, 3.63) is 63.9 Å². The van der Waals surface area contributed by atoms with E-state index in [2.05, 4.69) is 10.1 Å². The third-order valence-electron chi connectivity index (χ3n) is 2.54. The molecule has 0 bridgehead atoms. The summed E-state index contributed by atoms with van der Waals surface area (Å²) in [5.74, 6) is 0. The Bertz CT molecular complexity index is 597. The van der Waals surface area contributed by atoms with Crippen molar-refractivity contribution in [3.8, 4) is 0 Å². The van der Waals surface area contributed by atoms with Crippen LogP contribution in [0.2, 0.25) is 10.0 Å². The van der Waals surface area contributed by atoms with Crippen LogP contribution in [0, 0.1) is 0 Å². The van der Waals surface area contributed by atoms with Gasteiger partial charge >= 0.3 is 29.6 Å². The fraction of sp³-hybridized carbons (Fsp3) is 0.143. The third kappa shape index (κ3) is 4.76. The Balaban J connectivity index is 0.00000200. The van der Waals surface area contributed by atoms with E-state index < -0.39 is 0 Å². The van der Waals surface area contributed by atoms with Gasteiger partial charge < -0.3 is 6.26 Å². The molecule has 0 unspecified atom stereocenters. The third-order valence-corrected chi connectivity index (χ3v) is 3.09. The summed E-state index contributed by atoms with van der Waals surface area (Å²) in [5, 5.41) is 5.18. The van der Waals surface area contributed by atoms with Crippen molar-refractivity contribution in [3.63, 3.8) is 0 Å². The summed E-state index contributed by atoms with van der Waals surface area (Å²) in [6.45, 7) is 0. The molecule has 6 heteroatoms. The summed E-state index contributed by atoms with van der Waals surface area (Å²) >= 11 is 12.1. The van der Waals surface area contributed by atoms with Crippen molar-refractivity contribution in [2.24, 2.45) is 5.16 Å². The van der Waals surface area contributed by atoms with Crippen LogP contribution in [0.3, 0.4) is 0 Å². The molecule has 0 radical (unpaired) electrons. The molecule has 20 heavy (non-hydrogen) atoms. The van der Waals surface area contributed by atoms with Gasteiger partial charge in [-0.05, 0) is 23.8 Å². The summed E-state index contributed by atoms with van der Waals surface area (Å²) < 4.78 is 0. The second-order valence-electron chi connectivity index (χ2n) is 3.88. The van der Waals surface area contributed by atoms with E-state index in [0.717, 1.165) is 16.8 Å². The first-order valence-electron chi connectivity index (χ1n) is 5.65. The van der Waals surface area contributed by atoms with Crippen molar-refractivity contribution >= 4 is 28.9 Å². The first kappa shape index (κ1) is 17.5. The van der Waals surface area contributed by atoms with Crippen LogP contribution in [0.15, 0.2) is 47.9 Å². The number of aromatic nitrogens is 1. The van der Waals surface area contributed by atoms with Crippen LogP contribution in [0.4, 0.5) is 0 Å². The Labute approximate surface area is 151 Å². The summed E-state index contributed by atoms with van der Waals surface area (Å²) in [5.41, 5.74) is 2.57. The van der Waals surface area contributed by atoms with E-state index in [1.165, 1.54) is 7.11 Å². The predicted molar refractivity (Wildman–Crippen MR) is 79.1 cm³/mol. The van der Waals surface area contributed by atoms with Gasteiger partial charge in [0.25, 0.3) is 0 Å². The van der Waals surface area contributed by atoms with E-state index in [4.69, 9.17) is 28.0 Å². The van der Waals surface area contributed by atoms with Crippen LogP contribution in [0.5, 0.6) is 0 Å². The largest absolute Gasteiger partial charge is 1.00 e. The average Bonchev–Trinajstić information content (AvgIpc) is 2.39. The van der Waals surface area contributed by atoms with Crippen molar-refractivity contribution in [2.45, 2.75) is 6.42 Å². The molecule has 1 aromatic carbocycles. The summed E-state index contributed by atoms with van der Waals surface area (Å²) in [6, 6.07) is 9.15. The molecule has 0 aliphatic rings. The Morgan fingerprint density at radius 3 is 2.75 bits per heavy atom. The number of halogens is 2. The monoisotopic (exact) mass is 318 g/mol. The maximum atomic E-state index is 6.19. The Morgan fingerprint density at radius 1 is 1.35 bits per heavy atom. The van der Waals surface area contributed by atoms with Crippen LogP contribution >= 0.6 is 23.2 Å². The number of pyridine rings is 1. The van der Waals surface area contributed by atoms with E-state index in [-0.39, 0.29) is 31.0 Å². The zero-order valence-electron chi connectivity index (χ0n) is 12.3. The van der Waals surface area contributed by atoms with Gasteiger partial charge in [0.15, 0.2) is 0 Å². The Kier molecular flexibility index (Phi) is 7.56. The second kappa shape index (κ2) is 8.65. The van der Waals surface area contributed by atoms with E-state index in [0.29, 0.717) is 16.5 Å². The number of oxime groups is 1. The van der Waals surface area contributed by atoms with Crippen molar-refractivity contribution in [1.82, 2.24) is 4.98 Å². The number of rotatable bonds is 4. The Morgan fingerprint density at radius 2 is 2.15 bits per heavy atom. The van der Waals surface area contributed by atoms with Gasteiger partial charge in [0, 0.05) is 29.4 Å². The SMILES string of the molecule is CON=C(Cc1cccnc1)c1ccc(Cl)cc1Cl.[H-].[Na+]. The molecular formula is C14H13Cl2N2NaO. The molecule has 0 atom stereocenters. The predicted octanol–water partition coefficient (Wildman–Crippen LogP) is 1.10. The minimum atomic E-state index is 0. The minimum absolute atomic E-state index is 0. The molecule has 2 aromatic rings. The van der Waals surface area contributed by atoms with Gasteiger partial charge in [-0.25, -0.2) is 0 Å². The molecule has 0 aliphatic heterocycles. The topological polar surface area (TPSA) is 34.5 Å². The maximum absolute atomic E-state index is 6.19. The second-order valence-corrected chi connectivity index (χ2v) is 4.73. The summed E-state index contributed by atoms with van der Waals surface area (Å²) in [7, 11) is 1.51. The molecular weight excluding hydrogens is 306 g/mol. The van der Waals surface area contributed by atoms with Crippen LogP contribution in [0.1, 0.15) is 12.6 Å². The van der Waals surface area contributed by atoms with Gasteiger partial charge in [-0.2, -0.15) is 0 Å². The van der Waals surface area contributed by atoms with Crippen LogP contribution in [-0.4, -0.2) is 17.8 Å². The maximum Gasteiger partial charge on any atom is 1.00 e. The molecule has 3 nitrogen and oxygen atoms in total. The molecule has 0 fully saturated rings. The molecule has 0 aliphatic carbocycles. The molecule has 0 amide bonds. The van der Waals surface area contributed by atoms with Gasteiger partial charge in [-0.15, -0.1) is 0 Å². The van der Waals surface area contributed by atoms with Gasteiger partial charge in [0.05, 0.1) is 10.7 Å². The molecule has 0 N–H and O–H groups in total. The zero-order chi connectivity index (χ0) is 13.7. The molecule has 2 rings (SSSR count). The smallest absolute Gasteiger partial charge is 1.00 e. The molecule has 0 saturated heterocycles. The van der Waals surface area contributed by atoms with Gasteiger partial charge in [-0.3, -0.25) is 4.98 Å². The zero-order valence-corrected chi connectivity index (χ0v) is 14.8. The van der Waals surface area contributed by atoms with Crippen molar-refractivity contribution in [1.29, 1.82) is 0 Å². The van der Waals surface area contributed by atoms with Crippen LogP contribution < -0.4 is 29.6 Å². The van der Waals surface area contributed by atoms with Crippen LogP contribution in [0.25, 0.3) is 0 Å². The first-order valence-corrected chi connectivity index (χ1v) is 6.40.